The molecule has 1 amide bonds. The zero-order valence-electron chi connectivity index (χ0n) is 15.7. The summed E-state index contributed by atoms with van der Waals surface area (Å²) in [5, 5.41) is 0.936. The molecule has 0 N–H and O–H groups in total. The number of anilines is 2. The first-order chi connectivity index (χ1) is 13.1. The summed E-state index contributed by atoms with van der Waals surface area (Å²) in [5.74, 6) is 1.95. The van der Waals surface area contributed by atoms with Crippen LogP contribution in [0.5, 0.6) is 0 Å². The molecule has 0 aliphatic carbocycles. The van der Waals surface area contributed by atoms with Gasteiger partial charge in [0.15, 0.2) is 0 Å². The number of rotatable bonds is 3. The molecule has 4 rings (SSSR count). The summed E-state index contributed by atoms with van der Waals surface area (Å²) in [6, 6.07) is 2.04. The van der Waals surface area contributed by atoms with Gasteiger partial charge in [0.05, 0.1) is 23.9 Å². The van der Waals surface area contributed by atoms with Crippen LogP contribution in [-0.2, 0) is 4.74 Å². The number of aryl methyl sites for hydroxylation is 2. The minimum Gasteiger partial charge on any atom is -0.378 e. The second-order valence-electron chi connectivity index (χ2n) is 6.76. The number of amides is 1. The molecule has 0 atom stereocenters. The van der Waals surface area contributed by atoms with Gasteiger partial charge in [0, 0.05) is 45.3 Å². The molecule has 0 saturated carbocycles. The number of ether oxygens (including phenoxy) is 1. The molecule has 0 radical (unpaired) electrons. The summed E-state index contributed by atoms with van der Waals surface area (Å²) < 4.78 is 5.41. The zero-order chi connectivity index (χ0) is 18.8. The van der Waals surface area contributed by atoms with Crippen molar-refractivity contribution >= 4 is 28.9 Å². The zero-order valence-corrected chi connectivity index (χ0v) is 16.5. The van der Waals surface area contributed by atoms with Gasteiger partial charge in [-0.05, 0) is 13.8 Å². The lowest BCUT2D eigenvalue weighted by Gasteiger charge is -2.35. The fraction of sp³-hybridized carbons (Fsp3) is 0.556. The minimum atomic E-state index is 0.0921. The van der Waals surface area contributed by atoms with Gasteiger partial charge in [0.1, 0.15) is 22.8 Å². The van der Waals surface area contributed by atoms with E-state index in [0.717, 1.165) is 66.6 Å². The monoisotopic (exact) mass is 388 g/mol. The van der Waals surface area contributed by atoms with Crippen LogP contribution in [0, 0.1) is 13.8 Å². The van der Waals surface area contributed by atoms with Gasteiger partial charge in [0.25, 0.3) is 5.91 Å². The lowest BCUT2D eigenvalue weighted by molar-refractivity contribution is 0.0750. The standard InChI is InChI=1S/C18H24N6O2S/c1-13-17(27-14(2)21-13)18(25)24-5-3-22(4-6-24)15-11-16(20-12-19-15)23-7-9-26-10-8-23/h11-12H,3-10H2,1-2H3. The molecule has 2 aromatic rings. The first kappa shape index (κ1) is 18.1. The average Bonchev–Trinajstić information content (AvgIpc) is 3.06. The third kappa shape index (κ3) is 3.89. The molecule has 4 heterocycles. The van der Waals surface area contributed by atoms with Gasteiger partial charge in [-0.1, -0.05) is 0 Å². The van der Waals surface area contributed by atoms with E-state index in [9.17, 15) is 4.79 Å². The SMILES string of the molecule is Cc1nc(C)c(C(=O)N2CCN(c3cc(N4CCOCC4)ncn3)CC2)s1. The highest BCUT2D eigenvalue weighted by atomic mass is 32.1. The molecule has 0 spiro atoms. The van der Waals surface area contributed by atoms with E-state index in [2.05, 4.69) is 24.8 Å². The Morgan fingerprint density at radius 2 is 1.63 bits per heavy atom. The molecular formula is C18H24N6O2S. The number of nitrogens with zero attached hydrogens (tertiary/aromatic N) is 6. The molecule has 2 aliphatic heterocycles. The van der Waals surface area contributed by atoms with Gasteiger partial charge in [-0.3, -0.25) is 4.79 Å². The molecule has 0 unspecified atom stereocenters. The van der Waals surface area contributed by atoms with E-state index in [1.54, 1.807) is 6.33 Å². The lowest BCUT2D eigenvalue weighted by atomic mass is 10.2. The maximum Gasteiger partial charge on any atom is 0.265 e. The summed E-state index contributed by atoms with van der Waals surface area (Å²) in [5.41, 5.74) is 0.830. The van der Waals surface area contributed by atoms with Crippen LogP contribution in [0.1, 0.15) is 20.4 Å². The third-order valence-electron chi connectivity index (χ3n) is 4.96. The van der Waals surface area contributed by atoms with Crippen LogP contribution in [0.15, 0.2) is 12.4 Å². The van der Waals surface area contributed by atoms with Crippen LogP contribution in [0.4, 0.5) is 11.6 Å². The highest BCUT2D eigenvalue weighted by Gasteiger charge is 2.26. The molecule has 2 aliphatic rings. The number of thiazole rings is 1. The summed E-state index contributed by atoms with van der Waals surface area (Å²) in [6.07, 6.45) is 1.63. The molecule has 2 fully saturated rings. The van der Waals surface area contributed by atoms with E-state index >= 15 is 0 Å². The summed E-state index contributed by atoms with van der Waals surface area (Å²) in [7, 11) is 0. The van der Waals surface area contributed by atoms with E-state index < -0.39 is 0 Å². The van der Waals surface area contributed by atoms with Crippen molar-refractivity contribution < 1.29 is 9.53 Å². The maximum absolute atomic E-state index is 12.8. The highest BCUT2D eigenvalue weighted by Crippen LogP contribution is 2.22. The van der Waals surface area contributed by atoms with E-state index in [4.69, 9.17) is 4.74 Å². The second-order valence-corrected chi connectivity index (χ2v) is 7.96. The Bertz CT molecular complexity index is 812. The van der Waals surface area contributed by atoms with Gasteiger partial charge in [-0.25, -0.2) is 15.0 Å². The van der Waals surface area contributed by atoms with Crippen molar-refractivity contribution in [1.29, 1.82) is 0 Å². The van der Waals surface area contributed by atoms with Crippen LogP contribution in [0.2, 0.25) is 0 Å². The van der Waals surface area contributed by atoms with E-state index in [1.807, 2.05) is 24.8 Å². The van der Waals surface area contributed by atoms with E-state index in [-0.39, 0.29) is 5.91 Å². The quantitative estimate of drug-likeness (QED) is 0.786. The Kier molecular flexibility index (Phi) is 5.22. The predicted molar refractivity (Wildman–Crippen MR) is 105 cm³/mol. The molecule has 27 heavy (non-hydrogen) atoms. The summed E-state index contributed by atoms with van der Waals surface area (Å²) in [6.45, 7) is 9.92. The number of aromatic nitrogens is 3. The molecule has 2 aromatic heterocycles. The van der Waals surface area contributed by atoms with Crippen molar-refractivity contribution in [2.24, 2.45) is 0 Å². The van der Waals surface area contributed by atoms with Crippen molar-refractivity contribution in [2.45, 2.75) is 13.8 Å². The van der Waals surface area contributed by atoms with Gasteiger partial charge >= 0.3 is 0 Å². The number of hydrogen-bond donors (Lipinski definition) is 0. The Labute approximate surface area is 162 Å². The molecule has 144 valence electrons. The topological polar surface area (TPSA) is 74.7 Å². The molecule has 0 aromatic carbocycles. The van der Waals surface area contributed by atoms with Crippen molar-refractivity contribution in [3.05, 3.63) is 28.0 Å². The Hall–Kier alpha value is -2.26. The summed E-state index contributed by atoms with van der Waals surface area (Å²) in [4.78, 5) is 33.1. The highest BCUT2D eigenvalue weighted by molar-refractivity contribution is 7.13. The molecule has 8 nitrogen and oxygen atoms in total. The van der Waals surface area contributed by atoms with Crippen LogP contribution in [-0.4, -0.2) is 78.2 Å². The average molecular weight is 388 g/mol. The Morgan fingerprint density at radius 3 is 2.22 bits per heavy atom. The largest absolute Gasteiger partial charge is 0.378 e. The number of piperazine rings is 1. The number of carbonyl (C=O) groups is 1. The van der Waals surface area contributed by atoms with Gasteiger partial charge < -0.3 is 19.4 Å². The van der Waals surface area contributed by atoms with Crippen LogP contribution in [0.25, 0.3) is 0 Å². The van der Waals surface area contributed by atoms with Gasteiger partial charge in [-0.15, -0.1) is 11.3 Å². The van der Waals surface area contributed by atoms with E-state index in [0.29, 0.717) is 13.1 Å². The van der Waals surface area contributed by atoms with Gasteiger partial charge in [0.2, 0.25) is 0 Å². The second kappa shape index (κ2) is 7.77. The number of morpholine rings is 1. The van der Waals surface area contributed by atoms with Crippen molar-refractivity contribution in [2.75, 3.05) is 62.3 Å². The molecule has 9 heteroatoms. The van der Waals surface area contributed by atoms with Crippen LogP contribution < -0.4 is 9.80 Å². The molecular weight excluding hydrogens is 364 g/mol. The fourth-order valence-corrected chi connectivity index (χ4v) is 4.38. The van der Waals surface area contributed by atoms with Crippen LogP contribution >= 0.6 is 11.3 Å². The normalized spacial score (nSPS) is 18.1. The number of hydrogen-bond acceptors (Lipinski definition) is 8. The first-order valence-corrected chi connectivity index (χ1v) is 10.1. The smallest absolute Gasteiger partial charge is 0.265 e. The minimum absolute atomic E-state index is 0.0921. The number of carbonyl (C=O) groups excluding carboxylic acids is 1. The predicted octanol–water partition coefficient (Wildman–Crippen LogP) is 1.35. The Balaban J connectivity index is 1.40. The van der Waals surface area contributed by atoms with Crippen LogP contribution in [0.3, 0.4) is 0 Å². The third-order valence-corrected chi connectivity index (χ3v) is 6.02. The van der Waals surface area contributed by atoms with Crippen molar-refractivity contribution in [1.82, 2.24) is 19.9 Å². The molecule has 2 saturated heterocycles. The first-order valence-electron chi connectivity index (χ1n) is 9.25. The molecule has 0 bridgehead atoms. The fourth-order valence-electron chi connectivity index (χ4n) is 3.49. The summed E-state index contributed by atoms with van der Waals surface area (Å²) >= 11 is 1.48. The van der Waals surface area contributed by atoms with E-state index in [1.165, 1.54) is 11.3 Å². The maximum atomic E-state index is 12.8. The lowest BCUT2D eigenvalue weighted by Crippen LogP contribution is -2.49. The Morgan fingerprint density at radius 1 is 1.00 bits per heavy atom. The van der Waals surface area contributed by atoms with Gasteiger partial charge in [-0.2, -0.15) is 0 Å². The van der Waals surface area contributed by atoms with Crippen molar-refractivity contribution in [3.63, 3.8) is 0 Å². The van der Waals surface area contributed by atoms with Crippen molar-refractivity contribution in [3.8, 4) is 0 Å².